The molecular formula is C20H29N5O2S. The maximum absolute atomic E-state index is 12.5. The van der Waals surface area contributed by atoms with Gasteiger partial charge in [0.25, 0.3) is 5.91 Å². The standard InChI is InChI=1S/C20H29N5O2S/c1-20(2)14-25(10-11-28-20)19(21-3)23-12-15-4-6-16(7-5-15)18(27)24-9-8-22-17(26)13-24/h4-7H,8-14H2,1-3H3,(H,21,23)(H,22,26). The minimum Gasteiger partial charge on any atom is -0.353 e. The third-order valence-corrected chi connectivity index (χ3v) is 6.21. The lowest BCUT2D eigenvalue weighted by Gasteiger charge is -2.39. The van der Waals surface area contributed by atoms with Gasteiger partial charge in [-0.1, -0.05) is 12.1 Å². The molecule has 2 heterocycles. The van der Waals surface area contributed by atoms with Crippen molar-refractivity contribution in [3.05, 3.63) is 35.4 Å². The van der Waals surface area contributed by atoms with Crippen molar-refractivity contribution in [1.29, 1.82) is 0 Å². The van der Waals surface area contributed by atoms with Gasteiger partial charge >= 0.3 is 0 Å². The smallest absolute Gasteiger partial charge is 0.254 e. The minimum absolute atomic E-state index is 0.0989. The van der Waals surface area contributed by atoms with E-state index in [0.29, 0.717) is 25.2 Å². The summed E-state index contributed by atoms with van der Waals surface area (Å²) in [7, 11) is 1.81. The van der Waals surface area contributed by atoms with Crippen molar-refractivity contribution in [3.8, 4) is 0 Å². The highest BCUT2D eigenvalue weighted by Gasteiger charge is 2.28. The number of thioether (sulfide) groups is 1. The number of rotatable bonds is 3. The minimum atomic E-state index is -0.105. The number of amides is 2. The van der Waals surface area contributed by atoms with Crippen molar-refractivity contribution >= 4 is 29.5 Å². The third kappa shape index (κ3) is 5.19. The first kappa shape index (κ1) is 20.5. The van der Waals surface area contributed by atoms with Crippen molar-refractivity contribution in [2.75, 3.05) is 45.5 Å². The lowest BCUT2D eigenvalue weighted by Crippen LogP contribution is -2.50. The Hall–Kier alpha value is -2.22. The van der Waals surface area contributed by atoms with E-state index in [0.717, 1.165) is 30.4 Å². The first-order valence-electron chi connectivity index (χ1n) is 9.62. The molecule has 0 spiro atoms. The van der Waals surface area contributed by atoms with Gasteiger partial charge in [-0.05, 0) is 31.5 Å². The number of aliphatic imine (C=N–C) groups is 1. The number of benzene rings is 1. The molecule has 2 aliphatic rings. The number of piperazine rings is 1. The number of guanidine groups is 1. The summed E-state index contributed by atoms with van der Waals surface area (Å²) in [5.41, 5.74) is 1.69. The van der Waals surface area contributed by atoms with E-state index in [1.54, 1.807) is 4.90 Å². The van der Waals surface area contributed by atoms with Crippen molar-refractivity contribution in [1.82, 2.24) is 20.4 Å². The highest BCUT2D eigenvalue weighted by molar-refractivity contribution is 8.00. The summed E-state index contributed by atoms with van der Waals surface area (Å²) in [6, 6.07) is 7.56. The molecule has 0 atom stereocenters. The SMILES string of the molecule is CN=C(NCc1ccc(C(=O)N2CCNC(=O)C2)cc1)N1CCSC(C)(C)C1. The van der Waals surface area contributed by atoms with Gasteiger partial charge in [0.05, 0.1) is 6.54 Å². The molecule has 2 amide bonds. The van der Waals surface area contributed by atoms with Gasteiger partial charge in [-0.2, -0.15) is 11.8 Å². The zero-order chi connectivity index (χ0) is 20.1. The summed E-state index contributed by atoms with van der Waals surface area (Å²) in [4.78, 5) is 32.3. The number of hydrogen-bond acceptors (Lipinski definition) is 4. The lowest BCUT2D eigenvalue weighted by molar-refractivity contribution is -0.123. The maximum atomic E-state index is 12.5. The topological polar surface area (TPSA) is 77.0 Å². The molecule has 8 heteroatoms. The molecule has 0 aliphatic carbocycles. The average molecular weight is 404 g/mol. The van der Waals surface area contributed by atoms with E-state index in [9.17, 15) is 9.59 Å². The molecule has 2 fully saturated rings. The van der Waals surface area contributed by atoms with E-state index in [4.69, 9.17) is 0 Å². The molecular weight excluding hydrogens is 374 g/mol. The van der Waals surface area contributed by atoms with Crippen LogP contribution in [0.5, 0.6) is 0 Å². The van der Waals surface area contributed by atoms with Crippen LogP contribution in [0.2, 0.25) is 0 Å². The number of hydrogen-bond donors (Lipinski definition) is 2. The Labute approximate surface area is 170 Å². The summed E-state index contributed by atoms with van der Waals surface area (Å²) in [6.45, 7) is 8.32. The molecule has 2 N–H and O–H groups in total. The van der Waals surface area contributed by atoms with Crippen LogP contribution in [-0.4, -0.2) is 77.8 Å². The van der Waals surface area contributed by atoms with Crippen molar-refractivity contribution in [3.63, 3.8) is 0 Å². The summed E-state index contributed by atoms with van der Waals surface area (Å²) in [6.07, 6.45) is 0. The summed E-state index contributed by atoms with van der Waals surface area (Å²) in [5, 5.41) is 6.16. The second-order valence-corrected chi connectivity index (χ2v) is 9.51. The number of carbonyl (C=O) groups excluding carboxylic acids is 2. The second kappa shape index (κ2) is 8.86. The highest BCUT2D eigenvalue weighted by atomic mass is 32.2. The Morgan fingerprint density at radius 2 is 2.00 bits per heavy atom. The van der Waals surface area contributed by atoms with Gasteiger partial charge in [-0.15, -0.1) is 0 Å². The van der Waals surface area contributed by atoms with Crippen LogP contribution in [0.4, 0.5) is 0 Å². The van der Waals surface area contributed by atoms with Gasteiger partial charge in [-0.3, -0.25) is 14.6 Å². The van der Waals surface area contributed by atoms with Crippen LogP contribution in [0.15, 0.2) is 29.3 Å². The fourth-order valence-corrected chi connectivity index (χ4v) is 4.58. The highest BCUT2D eigenvalue weighted by Crippen LogP contribution is 2.29. The van der Waals surface area contributed by atoms with Gasteiger partial charge < -0.3 is 20.4 Å². The Morgan fingerprint density at radius 3 is 2.64 bits per heavy atom. The van der Waals surface area contributed by atoms with E-state index >= 15 is 0 Å². The molecule has 0 unspecified atom stereocenters. The fraction of sp³-hybridized carbons (Fsp3) is 0.550. The Kier molecular flexibility index (Phi) is 6.49. The average Bonchev–Trinajstić information content (AvgIpc) is 2.68. The van der Waals surface area contributed by atoms with Crippen LogP contribution in [0.1, 0.15) is 29.8 Å². The monoisotopic (exact) mass is 403 g/mol. The molecule has 0 saturated carbocycles. The fourth-order valence-electron chi connectivity index (χ4n) is 3.47. The quantitative estimate of drug-likeness (QED) is 0.585. The molecule has 2 aliphatic heterocycles. The zero-order valence-corrected chi connectivity index (χ0v) is 17.6. The normalized spacial score (nSPS) is 20.0. The summed E-state index contributed by atoms with van der Waals surface area (Å²) in [5.74, 6) is 1.80. The third-order valence-electron chi connectivity index (χ3n) is 4.91. The molecule has 0 bridgehead atoms. The molecule has 1 aromatic carbocycles. The Balaban J connectivity index is 1.56. The largest absolute Gasteiger partial charge is 0.353 e. The van der Waals surface area contributed by atoms with Gasteiger partial charge in [0, 0.05) is 55.8 Å². The van der Waals surface area contributed by atoms with Gasteiger partial charge in [-0.25, -0.2) is 0 Å². The van der Waals surface area contributed by atoms with Crippen LogP contribution < -0.4 is 10.6 Å². The van der Waals surface area contributed by atoms with Crippen molar-refractivity contribution in [2.24, 2.45) is 4.99 Å². The number of nitrogens with one attached hydrogen (secondary N) is 2. The molecule has 152 valence electrons. The summed E-state index contributed by atoms with van der Waals surface area (Å²) < 4.78 is 0.225. The zero-order valence-electron chi connectivity index (χ0n) is 16.8. The molecule has 0 aromatic heterocycles. The molecule has 0 radical (unpaired) electrons. The van der Waals surface area contributed by atoms with Crippen LogP contribution >= 0.6 is 11.8 Å². The van der Waals surface area contributed by atoms with E-state index in [1.165, 1.54) is 0 Å². The van der Waals surface area contributed by atoms with Crippen LogP contribution in [0.3, 0.4) is 0 Å². The molecule has 3 rings (SSSR count). The summed E-state index contributed by atoms with van der Waals surface area (Å²) >= 11 is 2.00. The van der Waals surface area contributed by atoms with E-state index in [2.05, 4.69) is 34.4 Å². The number of carbonyl (C=O) groups is 2. The lowest BCUT2D eigenvalue weighted by atomic mass is 10.1. The molecule has 2 saturated heterocycles. The second-order valence-electron chi connectivity index (χ2n) is 7.70. The van der Waals surface area contributed by atoms with Gasteiger partial charge in [0.15, 0.2) is 5.96 Å². The molecule has 1 aromatic rings. The van der Waals surface area contributed by atoms with Crippen LogP contribution in [0, 0.1) is 0 Å². The van der Waals surface area contributed by atoms with Crippen LogP contribution in [0.25, 0.3) is 0 Å². The van der Waals surface area contributed by atoms with Gasteiger partial charge in [0.1, 0.15) is 0 Å². The predicted octanol–water partition coefficient (Wildman–Crippen LogP) is 1.16. The Bertz CT molecular complexity index is 747. The van der Waals surface area contributed by atoms with Crippen LogP contribution in [-0.2, 0) is 11.3 Å². The first-order valence-corrected chi connectivity index (χ1v) is 10.6. The molecule has 28 heavy (non-hydrogen) atoms. The van der Waals surface area contributed by atoms with Crippen molar-refractivity contribution in [2.45, 2.75) is 25.1 Å². The molecule has 7 nitrogen and oxygen atoms in total. The van der Waals surface area contributed by atoms with Gasteiger partial charge in [0.2, 0.25) is 5.91 Å². The first-order chi connectivity index (χ1) is 13.4. The predicted molar refractivity (Wildman–Crippen MR) is 114 cm³/mol. The number of nitrogens with zero attached hydrogens (tertiary/aromatic N) is 3. The van der Waals surface area contributed by atoms with E-state index in [1.807, 2.05) is 43.1 Å². The maximum Gasteiger partial charge on any atom is 0.254 e. The van der Waals surface area contributed by atoms with Crippen molar-refractivity contribution < 1.29 is 9.59 Å². The van der Waals surface area contributed by atoms with E-state index < -0.39 is 0 Å². The Morgan fingerprint density at radius 1 is 1.25 bits per heavy atom. The van der Waals surface area contributed by atoms with E-state index in [-0.39, 0.29) is 23.1 Å².